The smallest absolute Gasteiger partial charge is 0.255 e. The van der Waals surface area contributed by atoms with Gasteiger partial charge in [-0.05, 0) is 47.7 Å². The molecule has 0 aliphatic rings. The molecule has 2 aromatic heterocycles. The van der Waals surface area contributed by atoms with Crippen LogP contribution in [-0.4, -0.2) is 57.3 Å². The fourth-order valence-corrected chi connectivity index (χ4v) is 4.72. The van der Waals surface area contributed by atoms with Crippen LogP contribution in [0.15, 0.2) is 42.7 Å². The Morgan fingerprint density at radius 3 is 2.45 bits per heavy atom. The Morgan fingerprint density at radius 2 is 1.85 bits per heavy atom. The van der Waals surface area contributed by atoms with Crippen LogP contribution in [0.5, 0.6) is 5.75 Å². The summed E-state index contributed by atoms with van der Waals surface area (Å²) in [5, 5.41) is 20.8. The Bertz CT molecular complexity index is 1680. The van der Waals surface area contributed by atoms with Crippen molar-refractivity contribution in [2.24, 2.45) is 7.05 Å². The minimum atomic E-state index is -3.61. The molecule has 4 rings (SSSR count). The summed E-state index contributed by atoms with van der Waals surface area (Å²) in [6.45, 7) is 7.65. The van der Waals surface area contributed by atoms with Crippen molar-refractivity contribution < 1.29 is 23.1 Å². The number of carbonyl (C=O) groups is 1. The zero-order chi connectivity index (χ0) is 29.4. The molecule has 0 saturated carbocycles. The normalized spacial score (nSPS) is 11.9. The molecule has 2 heterocycles. The zero-order valence-electron chi connectivity index (χ0n) is 23.5. The summed E-state index contributed by atoms with van der Waals surface area (Å²) < 4.78 is 35.4. The number of sulfonamides is 1. The minimum absolute atomic E-state index is 0.193. The molecule has 0 radical (unpaired) electrons. The highest BCUT2D eigenvalue weighted by molar-refractivity contribution is 7.92. The van der Waals surface area contributed by atoms with E-state index in [0.717, 1.165) is 17.4 Å². The van der Waals surface area contributed by atoms with Crippen LogP contribution in [0.4, 0.5) is 11.4 Å². The SMILES string of the molecule is COc1c(NC(=O)c2ccc(C)c(-n3cc(-c4cnc(CO)n4C)nn3)c2)cc(C(C)(C)C)cc1NS(C)(=O)=O. The summed E-state index contributed by atoms with van der Waals surface area (Å²) in [6.07, 6.45) is 4.39. The van der Waals surface area contributed by atoms with E-state index in [1.54, 1.807) is 59.0 Å². The number of hydrogen-bond donors (Lipinski definition) is 3. The molecule has 212 valence electrons. The molecule has 0 spiro atoms. The van der Waals surface area contributed by atoms with E-state index < -0.39 is 15.9 Å². The van der Waals surface area contributed by atoms with Crippen LogP contribution in [0.2, 0.25) is 0 Å². The van der Waals surface area contributed by atoms with Gasteiger partial charge in [-0.1, -0.05) is 32.1 Å². The van der Waals surface area contributed by atoms with E-state index in [9.17, 15) is 18.3 Å². The Kier molecular flexibility index (Phi) is 7.72. The molecular weight excluding hydrogens is 534 g/mol. The summed E-state index contributed by atoms with van der Waals surface area (Å²) in [4.78, 5) is 17.6. The molecular formula is C27H33N7O5S. The molecule has 0 unspecified atom stereocenters. The number of anilines is 2. The number of rotatable bonds is 8. The number of aryl methyl sites for hydroxylation is 1. The van der Waals surface area contributed by atoms with Crippen LogP contribution in [0.25, 0.3) is 17.1 Å². The average molecular weight is 568 g/mol. The first-order valence-electron chi connectivity index (χ1n) is 12.4. The lowest BCUT2D eigenvalue weighted by Crippen LogP contribution is -2.18. The first kappa shape index (κ1) is 28.8. The molecule has 0 bridgehead atoms. The number of benzene rings is 2. The van der Waals surface area contributed by atoms with Gasteiger partial charge in [-0.15, -0.1) is 5.10 Å². The largest absolute Gasteiger partial charge is 0.492 e. The number of nitrogens with one attached hydrogen (secondary N) is 2. The molecule has 0 atom stereocenters. The van der Waals surface area contributed by atoms with Gasteiger partial charge in [0.15, 0.2) is 5.75 Å². The quantitative estimate of drug-likeness (QED) is 0.293. The highest BCUT2D eigenvalue weighted by atomic mass is 32.2. The number of aliphatic hydroxyl groups excluding tert-OH is 1. The van der Waals surface area contributed by atoms with Crippen LogP contribution < -0.4 is 14.8 Å². The lowest BCUT2D eigenvalue weighted by Gasteiger charge is -2.24. The molecule has 2 aromatic carbocycles. The van der Waals surface area contributed by atoms with Gasteiger partial charge in [0.05, 0.1) is 48.5 Å². The fourth-order valence-electron chi connectivity index (χ4n) is 4.17. The van der Waals surface area contributed by atoms with Crippen LogP contribution in [0.1, 0.15) is 48.1 Å². The number of hydrogen-bond acceptors (Lipinski definition) is 8. The number of ether oxygens (including phenoxy) is 1. The van der Waals surface area contributed by atoms with E-state index in [1.165, 1.54) is 7.11 Å². The minimum Gasteiger partial charge on any atom is -0.492 e. The predicted molar refractivity (Wildman–Crippen MR) is 152 cm³/mol. The van der Waals surface area contributed by atoms with Gasteiger partial charge in [-0.25, -0.2) is 18.1 Å². The van der Waals surface area contributed by atoms with Crippen molar-refractivity contribution in [2.75, 3.05) is 23.4 Å². The number of aliphatic hydroxyl groups is 1. The molecule has 3 N–H and O–H groups in total. The van der Waals surface area contributed by atoms with Crippen molar-refractivity contribution in [1.29, 1.82) is 0 Å². The third-order valence-corrected chi connectivity index (χ3v) is 6.99. The highest BCUT2D eigenvalue weighted by Gasteiger charge is 2.23. The Hall–Kier alpha value is -4.23. The third-order valence-electron chi connectivity index (χ3n) is 6.40. The van der Waals surface area contributed by atoms with Crippen molar-refractivity contribution in [1.82, 2.24) is 24.5 Å². The van der Waals surface area contributed by atoms with Crippen molar-refractivity contribution in [2.45, 2.75) is 39.7 Å². The lowest BCUT2D eigenvalue weighted by atomic mass is 9.86. The van der Waals surface area contributed by atoms with Crippen LogP contribution in [0.3, 0.4) is 0 Å². The van der Waals surface area contributed by atoms with Gasteiger partial charge >= 0.3 is 0 Å². The second-order valence-electron chi connectivity index (χ2n) is 10.5. The maximum absolute atomic E-state index is 13.5. The fraction of sp³-hybridized carbons (Fsp3) is 0.333. The maximum Gasteiger partial charge on any atom is 0.255 e. The number of amides is 1. The van der Waals surface area contributed by atoms with Crippen LogP contribution >= 0.6 is 0 Å². The van der Waals surface area contributed by atoms with Crippen molar-refractivity contribution in [3.05, 3.63) is 65.2 Å². The van der Waals surface area contributed by atoms with Gasteiger partial charge in [0.25, 0.3) is 5.91 Å². The number of imidazole rings is 1. The van der Waals surface area contributed by atoms with Gasteiger partial charge in [0.2, 0.25) is 10.0 Å². The Labute approximate surface area is 233 Å². The zero-order valence-corrected chi connectivity index (χ0v) is 24.3. The topological polar surface area (TPSA) is 153 Å². The molecule has 0 aliphatic carbocycles. The molecule has 0 fully saturated rings. The Morgan fingerprint density at radius 1 is 1.15 bits per heavy atom. The molecule has 1 amide bonds. The molecule has 4 aromatic rings. The van der Waals surface area contributed by atoms with Crippen molar-refractivity contribution in [3.63, 3.8) is 0 Å². The average Bonchev–Trinajstić information content (AvgIpc) is 3.49. The maximum atomic E-state index is 13.5. The van der Waals surface area contributed by atoms with Gasteiger partial charge in [-0.3, -0.25) is 9.52 Å². The van der Waals surface area contributed by atoms with E-state index in [0.29, 0.717) is 34.2 Å². The predicted octanol–water partition coefficient (Wildman–Crippen LogP) is 3.40. The molecule has 40 heavy (non-hydrogen) atoms. The van der Waals surface area contributed by atoms with Gasteiger partial charge in [-0.2, -0.15) is 0 Å². The standard InChI is InChI=1S/C27H33N7O5S/c1-16-8-9-17(10-22(16)34-14-21(30-32-34)23-13-28-24(15-35)33(23)5)26(36)29-19-11-18(27(2,3)4)12-20(25(19)39-6)31-40(7,37)38/h8-14,31,35H,15H2,1-7H3,(H,29,36). The summed E-state index contributed by atoms with van der Waals surface area (Å²) in [6, 6.07) is 8.67. The number of methoxy groups -OCH3 is 1. The summed E-state index contributed by atoms with van der Waals surface area (Å²) in [5.74, 6) is 0.272. The Balaban J connectivity index is 1.70. The van der Waals surface area contributed by atoms with E-state index in [2.05, 4.69) is 25.3 Å². The monoisotopic (exact) mass is 567 g/mol. The summed E-state index contributed by atoms with van der Waals surface area (Å²) >= 11 is 0. The first-order chi connectivity index (χ1) is 18.7. The number of nitrogens with zero attached hydrogens (tertiary/aromatic N) is 5. The second-order valence-corrected chi connectivity index (χ2v) is 12.3. The summed E-state index contributed by atoms with van der Waals surface area (Å²) in [5.41, 5.74) is 4.11. The van der Waals surface area contributed by atoms with Gasteiger partial charge in [0, 0.05) is 12.6 Å². The van der Waals surface area contributed by atoms with E-state index in [-0.39, 0.29) is 23.5 Å². The third kappa shape index (κ3) is 6.00. The molecule has 12 nitrogen and oxygen atoms in total. The van der Waals surface area contributed by atoms with Crippen LogP contribution in [0, 0.1) is 6.92 Å². The van der Waals surface area contributed by atoms with E-state index in [4.69, 9.17) is 4.74 Å². The first-order valence-corrected chi connectivity index (χ1v) is 14.3. The highest BCUT2D eigenvalue weighted by Crippen LogP contribution is 2.39. The summed E-state index contributed by atoms with van der Waals surface area (Å²) in [7, 11) is -0.417. The van der Waals surface area contributed by atoms with Crippen LogP contribution in [-0.2, 0) is 29.1 Å². The van der Waals surface area contributed by atoms with E-state index >= 15 is 0 Å². The molecule has 0 aliphatic heterocycles. The second kappa shape index (κ2) is 10.7. The van der Waals surface area contributed by atoms with Crippen molar-refractivity contribution in [3.8, 4) is 22.8 Å². The number of aromatic nitrogens is 5. The van der Waals surface area contributed by atoms with Gasteiger partial charge in [0.1, 0.15) is 18.1 Å². The van der Waals surface area contributed by atoms with Crippen molar-refractivity contribution >= 4 is 27.3 Å². The van der Waals surface area contributed by atoms with E-state index in [1.807, 2.05) is 27.7 Å². The van der Waals surface area contributed by atoms with Gasteiger partial charge < -0.3 is 19.7 Å². The molecule has 0 saturated heterocycles. The lowest BCUT2D eigenvalue weighted by molar-refractivity contribution is 0.102. The molecule has 13 heteroatoms. The number of carbonyl (C=O) groups excluding carboxylic acids is 1.